The number of carbonyl (C=O) groups is 1. The minimum atomic E-state index is 0.0380. The quantitative estimate of drug-likeness (QED) is 0.690. The van der Waals surface area contributed by atoms with Gasteiger partial charge in [-0.2, -0.15) is 0 Å². The monoisotopic (exact) mass is 377 g/mol. The highest BCUT2D eigenvalue weighted by molar-refractivity contribution is 5.98. The largest absolute Gasteiger partial charge is 0.378 e. The number of amides is 1. The van der Waals surface area contributed by atoms with Crippen LogP contribution >= 0.6 is 0 Å². The van der Waals surface area contributed by atoms with Gasteiger partial charge in [-0.25, -0.2) is 0 Å². The Balaban J connectivity index is 1.42. The number of fused-ring (bicyclic) bond motifs is 1. The minimum Gasteiger partial charge on any atom is -0.378 e. The fraction of sp³-hybridized carbons (Fsp3) is 0.348. The minimum absolute atomic E-state index is 0.0380. The van der Waals surface area contributed by atoms with Gasteiger partial charge in [0.1, 0.15) is 5.69 Å². The third-order valence-corrected chi connectivity index (χ3v) is 5.43. The molecule has 5 nitrogen and oxygen atoms in total. The standard InChI is InChI=1S/C23H27N3O2/c1-2-26(23(27)22-12-18-10-6-7-11-21(18)25-22)20-13-19(15-28-16-20)24-14-17-8-4-3-5-9-17/h3-12,19-20,24-25H,2,13-16H2,1H3/t19-,20-/m1/s1. The average Bonchev–Trinajstić information content (AvgIpc) is 3.18. The summed E-state index contributed by atoms with van der Waals surface area (Å²) < 4.78 is 5.84. The smallest absolute Gasteiger partial charge is 0.270 e. The van der Waals surface area contributed by atoms with Crippen molar-refractivity contribution in [2.75, 3.05) is 19.8 Å². The lowest BCUT2D eigenvalue weighted by Gasteiger charge is -2.37. The molecule has 146 valence electrons. The van der Waals surface area contributed by atoms with Crippen molar-refractivity contribution in [3.63, 3.8) is 0 Å². The summed E-state index contributed by atoms with van der Waals surface area (Å²) in [6.07, 6.45) is 0.895. The van der Waals surface area contributed by atoms with Gasteiger partial charge in [-0.1, -0.05) is 48.5 Å². The summed E-state index contributed by atoms with van der Waals surface area (Å²) in [7, 11) is 0. The molecule has 2 aromatic carbocycles. The number of aromatic amines is 1. The van der Waals surface area contributed by atoms with Crippen LogP contribution in [0.15, 0.2) is 60.7 Å². The summed E-state index contributed by atoms with van der Waals surface area (Å²) in [5.74, 6) is 0.0380. The van der Waals surface area contributed by atoms with Gasteiger partial charge in [-0.05, 0) is 31.0 Å². The van der Waals surface area contributed by atoms with Crippen molar-refractivity contribution in [3.8, 4) is 0 Å². The Kier molecular flexibility index (Phi) is 5.74. The molecule has 1 fully saturated rings. The van der Waals surface area contributed by atoms with E-state index in [0.29, 0.717) is 25.5 Å². The van der Waals surface area contributed by atoms with Gasteiger partial charge in [0.15, 0.2) is 0 Å². The number of hydrogen-bond donors (Lipinski definition) is 2. The maximum Gasteiger partial charge on any atom is 0.270 e. The van der Waals surface area contributed by atoms with E-state index in [1.807, 2.05) is 48.2 Å². The molecular formula is C23H27N3O2. The number of aromatic nitrogens is 1. The van der Waals surface area contributed by atoms with Crippen molar-refractivity contribution in [1.29, 1.82) is 0 Å². The van der Waals surface area contributed by atoms with Gasteiger partial charge in [0.25, 0.3) is 5.91 Å². The molecule has 1 aromatic heterocycles. The first-order valence-electron chi connectivity index (χ1n) is 9.98. The van der Waals surface area contributed by atoms with Crippen molar-refractivity contribution in [1.82, 2.24) is 15.2 Å². The maximum absolute atomic E-state index is 13.1. The molecule has 0 aliphatic carbocycles. The lowest BCUT2D eigenvalue weighted by molar-refractivity contribution is 0.00277. The molecular weight excluding hydrogens is 350 g/mol. The second-order valence-corrected chi connectivity index (χ2v) is 7.35. The molecule has 0 spiro atoms. The fourth-order valence-electron chi connectivity index (χ4n) is 3.94. The Morgan fingerprint density at radius 1 is 1.14 bits per heavy atom. The zero-order valence-electron chi connectivity index (χ0n) is 16.2. The van der Waals surface area contributed by atoms with Crippen molar-refractivity contribution < 1.29 is 9.53 Å². The van der Waals surface area contributed by atoms with Crippen LogP contribution in [0.3, 0.4) is 0 Å². The molecule has 28 heavy (non-hydrogen) atoms. The predicted octanol–water partition coefficient (Wildman–Crippen LogP) is 3.58. The zero-order chi connectivity index (χ0) is 19.3. The first-order chi connectivity index (χ1) is 13.7. The van der Waals surface area contributed by atoms with E-state index in [2.05, 4.69) is 34.6 Å². The van der Waals surface area contributed by atoms with E-state index in [-0.39, 0.29) is 18.0 Å². The summed E-state index contributed by atoms with van der Waals surface area (Å²) in [4.78, 5) is 18.3. The molecule has 5 heteroatoms. The van der Waals surface area contributed by atoms with E-state index >= 15 is 0 Å². The molecule has 2 atom stereocenters. The average molecular weight is 377 g/mol. The van der Waals surface area contributed by atoms with Gasteiger partial charge in [-0.3, -0.25) is 4.79 Å². The molecule has 0 saturated carbocycles. The fourth-order valence-corrected chi connectivity index (χ4v) is 3.94. The molecule has 1 amide bonds. The van der Waals surface area contributed by atoms with Crippen LogP contribution in [0.2, 0.25) is 0 Å². The van der Waals surface area contributed by atoms with Crippen LogP contribution < -0.4 is 5.32 Å². The number of nitrogens with one attached hydrogen (secondary N) is 2. The van der Waals surface area contributed by atoms with Crippen molar-refractivity contribution in [2.24, 2.45) is 0 Å². The predicted molar refractivity (Wildman–Crippen MR) is 111 cm³/mol. The molecule has 3 aromatic rings. The lowest BCUT2D eigenvalue weighted by Crippen LogP contribution is -2.51. The summed E-state index contributed by atoms with van der Waals surface area (Å²) in [5, 5.41) is 4.64. The van der Waals surface area contributed by atoms with Gasteiger partial charge in [-0.15, -0.1) is 0 Å². The van der Waals surface area contributed by atoms with Crippen molar-refractivity contribution >= 4 is 16.8 Å². The number of H-pyrrole nitrogens is 1. The zero-order valence-corrected chi connectivity index (χ0v) is 16.2. The first-order valence-corrected chi connectivity index (χ1v) is 9.98. The Bertz CT molecular complexity index is 889. The number of rotatable bonds is 6. The first kappa shape index (κ1) is 18.7. The Morgan fingerprint density at radius 2 is 1.93 bits per heavy atom. The second-order valence-electron chi connectivity index (χ2n) is 7.35. The van der Waals surface area contributed by atoms with Gasteiger partial charge in [0.05, 0.1) is 19.3 Å². The van der Waals surface area contributed by atoms with E-state index in [1.54, 1.807) is 0 Å². The summed E-state index contributed by atoms with van der Waals surface area (Å²) in [6, 6.07) is 20.6. The van der Waals surface area contributed by atoms with E-state index in [0.717, 1.165) is 23.9 Å². The van der Waals surface area contributed by atoms with Crippen LogP contribution in [-0.4, -0.2) is 47.6 Å². The second kappa shape index (κ2) is 8.59. The van der Waals surface area contributed by atoms with Gasteiger partial charge in [0.2, 0.25) is 0 Å². The number of carbonyl (C=O) groups excluding carboxylic acids is 1. The number of para-hydroxylation sites is 1. The lowest BCUT2D eigenvalue weighted by atomic mass is 10.0. The Morgan fingerprint density at radius 3 is 2.71 bits per heavy atom. The molecule has 1 saturated heterocycles. The summed E-state index contributed by atoms with van der Waals surface area (Å²) in [5.41, 5.74) is 2.89. The van der Waals surface area contributed by atoms with Crippen LogP contribution in [0.25, 0.3) is 10.9 Å². The number of benzene rings is 2. The highest BCUT2D eigenvalue weighted by Gasteiger charge is 2.30. The van der Waals surface area contributed by atoms with E-state index in [1.165, 1.54) is 5.56 Å². The third-order valence-electron chi connectivity index (χ3n) is 5.43. The Hall–Kier alpha value is -2.63. The molecule has 2 heterocycles. The maximum atomic E-state index is 13.1. The number of hydrogen-bond acceptors (Lipinski definition) is 3. The Labute approximate surface area is 165 Å². The third kappa shape index (κ3) is 4.11. The van der Waals surface area contributed by atoms with Crippen LogP contribution in [0.1, 0.15) is 29.4 Å². The highest BCUT2D eigenvalue weighted by Crippen LogP contribution is 2.20. The number of likely N-dealkylation sites (N-methyl/N-ethyl adjacent to an activating group) is 1. The molecule has 0 unspecified atom stereocenters. The van der Waals surface area contributed by atoms with Crippen LogP contribution in [-0.2, 0) is 11.3 Å². The molecule has 0 bridgehead atoms. The SMILES string of the molecule is CCN(C(=O)c1cc2ccccc2[nH]1)[C@H]1COC[C@H](NCc2ccccc2)C1. The molecule has 0 radical (unpaired) electrons. The number of ether oxygens (including phenoxy) is 1. The molecule has 1 aliphatic rings. The van der Waals surface area contributed by atoms with Crippen LogP contribution in [0, 0.1) is 0 Å². The van der Waals surface area contributed by atoms with Crippen LogP contribution in [0.4, 0.5) is 0 Å². The highest BCUT2D eigenvalue weighted by atomic mass is 16.5. The van der Waals surface area contributed by atoms with Gasteiger partial charge >= 0.3 is 0 Å². The summed E-state index contributed by atoms with van der Waals surface area (Å²) in [6.45, 7) is 4.77. The summed E-state index contributed by atoms with van der Waals surface area (Å²) >= 11 is 0. The van der Waals surface area contributed by atoms with Crippen molar-refractivity contribution in [2.45, 2.75) is 32.0 Å². The van der Waals surface area contributed by atoms with E-state index in [9.17, 15) is 4.79 Å². The molecule has 1 aliphatic heterocycles. The normalized spacial score (nSPS) is 19.6. The molecule has 2 N–H and O–H groups in total. The van der Waals surface area contributed by atoms with Gasteiger partial charge in [0, 0.05) is 30.0 Å². The van der Waals surface area contributed by atoms with Crippen molar-refractivity contribution in [3.05, 3.63) is 71.9 Å². The van der Waals surface area contributed by atoms with Crippen LogP contribution in [0.5, 0.6) is 0 Å². The van der Waals surface area contributed by atoms with E-state index in [4.69, 9.17) is 4.74 Å². The van der Waals surface area contributed by atoms with Gasteiger partial charge < -0.3 is 19.9 Å². The topological polar surface area (TPSA) is 57.4 Å². The number of nitrogens with zero attached hydrogens (tertiary/aromatic N) is 1. The van der Waals surface area contributed by atoms with E-state index < -0.39 is 0 Å². The molecule has 4 rings (SSSR count).